The summed E-state index contributed by atoms with van der Waals surface area (Å²) in [6, 6.07) is 21.9. The lowest BCUT2D eigenvalue weighted by Gasteiger charge is -2.29. The number of nitrogens with one attached hydrogen (secondary N) is 1. The smallest absolute Gasteiger partial charge is 0.272 e. The molecule has 0 saturated carbocycles. The molecule has 5 rings (SSSR count). The zero-order chi connectivity index (χ0) is 25.2. The maximum atomic E-state index is 13.6. The Hall–Kier alpha value is -4.24. The SMILES string of the molecule is C[C@@H]1CC(=O)Nc2ccccc2N1C(=O)CN(C)C(=O)c1cc(-c2cccs2)nn1-c1ccccc1. The predicted octanol–water partition coefficient (Wildman–Crippen LogP) is 4.44. The number of para-hydroxylation sites is 3. The Morgan fingerprint density at radius 2 is 1.83 bits per heavy atom. The zero-order valence-corrected chi connectivity index (χ0v) is 20.7. The largest absolute Gasteiger partial charge is 0.331 e. The monoisotopic (exact) mass is 499 g/mol. The first kappa shape index (κ1) is 23.5. The van der Waals surface area contributed by atoms with Gasteiger partial charge in [-0.05, 0) is 48.7 Å². The topological polar surface area (TPSA) is 87.5 Å². The van der Waals surface area contributed by atoms with Crippen LogP contribution in [0.3, 0.4) is 0 Å². The lowest BCUT2D eigenvalue weighted by atomic mass is 10.1. The third-order valence-corrected chi connectivity index (χ3v) is 6.94. The third kappa shape index (κ3) is 4.52. The van der Waals surface area contributed by atoms with Gasteiger partial charge in [0, 0.05) is 19.5 Å². The highest BCUT2D eigenvalue weighted by atomic mass is 32.1. The molecule has 3 amide bonds. The lowest BCUT2D eigenvalue weighted by molar-refractivity contribution is -0.119. The fourth-order valence-electron chi connectivity index (χ4n) is 4.36. The first-order valence-corrected chi connectivity index (χ1v) is 12.5. The van der Waals surface area contributed by atoms with Crippen LogP contribution in [0.2, 0.25) is 0 Å². The minimum Gasteiger partial charge on any atom is -0.331 e. The number of hydrogen-bond donors (Lipinski definition) is 1. The van der Waals surface area contributed by atoms with Crippen molar-refractivity contribution in [2.45, 2.75) is 19.4 Å². The molecule has 0 aliphatic carbocycles. The summed E-state index contributed by atoms with van der Waals surface area (Å²) in [5.41, 5.74) is 3.01. The van der Waals surface area contributed by atoms with Crippen molar-refractivity contribution >= 4 is 40.4 Å². The number of carbonyl (C=O) groups excluding carboxylic acids is 3. The highest BCUT2D eigenvalue weighted by Crippen LogP contribution is 2.31. The average Bonchev–Trinajstić information content (AvgIpc) is 3.53. The van der Waals surface area contributed by atoms with Gasteiger partial charge in [0.1, 0.15) is 17.9 Å². The number of rotatable bonds is 5. The van der Waals surface area contributed by atoms with Crippen molar-refractivity contribution in [3.8, 4) is 16.3 Å². The molecule has 2 aromatic carbocycles. The first-order chi connectivity index (χ1) is 17.4. The van der Waals surface area contributed by atoms with Gasteiger partial charge in [-0.25, -0.2) is 4.68 Å². The van der Waals surface area contributed by atoms with Gasteiger partial charge in [-0.1, -0.05) is 36.4 Å². The van der Waals surface area contributed by atoms with Gasteiger partial charge in [0.05, 0.1) is 21.9 Å². The van der Waals surface area contributed by atoms with Gasteiger partial charge in [-0.3, -0.25) is 14.4 Å². The molecule has 0 saturated heterocycles. The van der Waals surface area contributed by atoms with Crippen molar-refractivity contribution in [2.24, 2.45) is 0 Å². The van der Waals surface area contributed by atoms with Gasteiger partial charge in [0.25, 0.3) is 5.91 Å². The Balaban J connectivity index is 1.44. The van der Waals surface area contributed by atoms with Crippen molar-refractivity contribution in [3.63, 3.8) is 0 Å². The van der Waals surface area contributed by atoms with Gasteiger partial charge in [0.15, 0.2) is 0 Å². The summed E-state index contributed by atoms with van der Waals surface area (Å²) in [4.78, 5) is 43.3. The second kappa shape index (κ2) is 9.79. The van der Waals surface area contributed by atoms with Crippen LogP contribution < -0.4 is 10.2 Å². The highest BCUT2D eigenvalue weighted by molar-refractivity contribution is 7.13. The molecule has 1 atom stereocenters. The fourth-order valence-corrected chi connectivity index (χ4v) is 5.04. The Bertz CT molecular complexity index is 1410. The van der Waals surface area contributed by atoms with E-state index in [1.54, 1.807) is 46.2 Å². The second-order valence-electron chi connectivity index (χ2n) is 8.68. The van der Waals surface area contributed by atoms with Crippen LogP contribution in [0.4, 0.5) is 11.4 Å². The minimum atomic E-state index is -0.357. The number of aromatic nitrogens is 2. The maximum absolute atomic E-state index is 13.6. The van der Waals surface area contributed by atoms with Crippen LogP contribution in [-0.2, 0) is 9.59 Å². The number of carbonyl (C=O) groups is 3. The van der Waals surface area contributed by atoms with Crippen molar-refractivity contribution in [1.82, 2.24) is 14.7 Å². The van der Waals surface area contributed by atoms with E-state index in [0.717, 1.165) is 10.6 Å². The quantitative estimate of drug-likeness (QED) is 0.440. The number of thiophene rings is 1. The van der Waals surface area contributed by atoms with Crippen molar-refractivity contribution in [1.29, 1.82) is 0 Å². The van der Waals surface area contributed by atoms with Crippen LogP contribution >= 0.6 is 11.3 Å². The maximum Gasteiger partial charge on any atom is 0.272 e. The van der Waals surface area contributed by atoms with Crippen LogP contribution in [0.1, 0.15) is 23.8 Å². The molecule has 9 heteroatoms. The summed E-state index contributed by atoms with van der Waals surface area (Å²) >= 11 is 1.54. The van der Waals surface area contributed by atoms with Crippen LogP contribution in [0.15, 0.2) is 78.2 Å². The minimum absolute atomic E-state index is 0.150. The summed E-state index contributed by atoms with van der Waals surface area (Å²) in [6.45, 7) is 1.68. The number of benzene rings is 2. The molecule has 0 unspecified atom stereocenters. The van der Waals surface area contributed by atoms with Crippen LogP contribution in [0.25, 0.3) is 16.3 Å². The Labute approximate surface area is 212 Å². The molecule has 0 fully saturated rings. The van der Waals surface area contributed by atoms with E-state index in [2.05, 4.69) is 5.32 Å². The number of hydrogen-bond acceptors (Lipinski definition) is 5. The highest BCUT2D eigenvalue weighted by Gasteiger charge is 2.31. The molecule has 4 aromatic rings. The number of anilines is 2. The fraction of sp³-hybridized carbons (Fsp3) is 0.185. The van der Waals surface area contributed by atoms with Crippen LogP contribution in [0, 0.1) is 0 Å². The van der Waals surface area contributed by atoms with Gasteiger partial charge in [0.2, 0.25) is 11.8 Å². The van der Waals surface area contributed by atoms with E-state index >= 15 is 0 Å². The molecular weight excluding hydrogens is 474 g/mol. The molecule has 1 aliphatic heterocycles. The molecule has 0 radical (unpaired) electrons. The van der Waals surface area contributed by atoms with Crippen molar-refractivity contribution in [3.05, 3.63) is 83.9 Å². The summed E-state index contributed by atoms with van der Waals surface area (Å²) in [7, 11) is 1.60. The number of likely N-dealkylation sites (N-methyl/N-ethyl adjacent to an activating group) is 1. The molecule has 3 heterocycles. The van der Waals surface area contributed by atoms with E-state index in [4.69, 9.17) is 5.10 Å². The lowest BCUT2D eigenvalue weighted by Crippen LogP contribution is -2.45. The standard InChI is InChI=1S/C27H25N5O3S/c1-18-15-25(33)28-20-11-6-7-12-22(20)31(18)26(34)17-30(2)27(35)23-16-21(24-13-8-14-36-24)29-32(23)19-9-4-3-5-10-19/h3-14,16,18H,15,17H2,1-2H3,(H,28,33)/t18-/m1/s1. The molecule has 36 heavy (non-hydrogen) atoms. The van der Waals surface area contributed by atoms with E-state index in [0.29, 0.717) is 22.8 Å². The predicted molar refractivity (Wildman–Crippen MR) is 140 cm³/mol. The molecule has 182 valence electrons. The van der Waals surface area contributed by atoms with E-state index in [1.807, 2.05) is 66.9 Å². The van der Waals surface area contributed by atoms with Crippen LogP contribution in [-0.4, -0.2) is 52.0 Å². The Morgan fingerprint density at radius 3 is 2.58 bits per heavy atom. The Morgan fingerprint density at radius 1 is 1.08 bits per heavy atom. The van der Waals surface area contributed by atoms with Crippen molar-refractivity contribution in [2.75, 3.05) is 23.8 Å². The summed E-state index contributed by atoms with van der Waals surface area (Å²) in [5, 5.41) is 9.51. The summed E-state index contributed by atoms with van der Waals surface area (Å²) < 4.78 is 1.62. The van der Waals surface area contributed by atoms with Gasteiger partial charge in [-0.2, -0.15) is 5.10 Å². The summed E-state index contributed by atoms with van der Waals surface area (Å²) in [5.74, 6) is -0.749. The molecule has 0 spiro atoms. The van der Waals surface area contributed by atoms with E-state index in [9.17, 15) is 14.4 Å². The molecule has 8 nitrogen and oxygen atoms in total. The van der Waals surface area contributed by atoms with E-state index < -0.39 is 0 Å². The van der Waals surface area contributed by atoms with Gasteiger partial charge in [-0.15, -0.1) is 11.3 Å². The van der Waals surface area contributed by atoms with E-state index in [1.165, 1.54) is 4.90 Å². The van der Waals surface area contributed by atoms with Gasteiger partial charge >= 0.3 is 0 Å². The average molecular weight is 500 g/mol. The second-order valence-corrected chi connectivity index (χ2v) is 9.63. The Kier molecular flexibility index (Phi) is 6.39. The molecule has 1 N–H and O–H groups in total. The zero-order valence-electron chi connectivity index (χ0n) is 19.9. The van der Waals surface area contributed by atoms with Gasteiger partial charge < -0.3 is 15.1 Å². The van der Waals surface area contributed by atoms with Crippen LogP contribution in [0.5, 0.6) is 0 Å². The van der Waals surface area contributed by atoms with E-state index in [-0.39, 0.29) is 36.7 Å². The summed E-state index contributed by atoms with van der Waals surface area (Å²) in [6.07, 6.45) is 0.170. The third-order valence-electron chi connectivity index (χ3n) is 6.05. The molecular formula is C27H25N5O3S. The number of fused-ring (bicyclic) bond motifs is 1. The molecule has 0 bridgehead atoms. The van der Waals surface area contributed by atoms with Crippen molar-refractivity contribution < 1.29 is 14.4 Å². The number of nitrogens with zero attached hydrogens (tertiary/aromatic N) is 4. The molecule has 1 aliphatic rings. The molecule has 2 aromatic heterocycles. The number of amides is 3. The first-order valence-electron chi connectivity index (χ1n) is 11.6. The normalized spacial score (nSPS) is 15.1.